The smallest absolute Gasteiger partial charge is 0.414 e. The molecule has 5 rings (SSSR count). The number of hydrogen-bond donors (Lipinski definition) is 0. The Kier molecular flexibility index (Phi) is 5.43. The van der Waals surface area contributed by atoms with Gasteiger partial charge in [-0.3, -0.25) is 14.4 Å². The summed E-state index contributed by atoms with van der Waals surface area (Å²) in [5.41, 5.74) is 3.52. The van der Waals surface area contributed by atoms with Crippen LogP contribution >= 0.6 is 0 Å². The van der Waals surface area contributed by atoms with Gasteiger partial charge in [0.2, 0.25) is 5.91 Å². The van der Waals surface area contributed by atoms with Crippen LogP contribution in [-0.4, -0.2) is 40.5 Å². The number of anilines is 2. The zero-order valence-electron chi connectivity index (χ0n) is 19.2. The lowest BCUT2D eigenvalue weighted by molar-refractivity contribution is -0.120. The molecule has 32 heavy (non-hydrogen) atoms. The molecule has 2 fully saturated rings. The maximum atomic E-state index is 13.1. The molecule has 0 unspecified atom stereocenters. The van der Waals surface area contributed by atoms with E-state index in [-0.39, 0.29) is 30.1 Å². The lowest BCUT2D eigenvalue weighted by atomic mass is 9.85. The van der Waals surface area contributed by atoms with E-state index < -0.39 is 0 Å². The third-order valence-corrected chi connectivity index (χ3v) is 6.77. The molecule has 2 aliphatic carbocycles. The van der Waals surface area contributed by atoms with Gasteiger partial charge in [0.25, 0.3) is 0 Å². The quantitative estimate of drug-likeness (QED) is 0.672. The predicted octanol–water partition coefficient (Wildman–Crippen LogP) is 4.85. The third-order valence-electron chi connectivity index (χ3n) is 6.77. The summed E-state index contributed by atoms with van der Waals surface area (Å²) in [5.74, 6) is 1.01. The number of carbonyl (C=O) groups is 2. The SMILES string of the molecule is CC(C)OC(=O)N1C[C@H](C)N(C(=O)C2CC2)c2ccc(-c3cnn(CC4CCC4)c3)cc21. The average molecular weight is 437 g/mol. The minimum atomic E-state index is -0.371. The van der Waals surface area contributed by atoms with Gasteiger partial charge in [-0.1, -0.05) is 12.5 Å². The normalized spacial score (nSPS) is 20.8. The fourth-order valence-electron chi connectivity index (χ4n) is 4.66. The zero-order valence-corrected chi connectivity index (χ0v) is 19.2. The number of amides is 2. The van der Waals surface area contributed by atoms with Gasteiger partial charge in [-0.25, -0.2) is 4.79 Å². The van der Waals surface area contributed by atoms with Crippen LogP contribution in [0.15, 0.2) is 30.6 Å². The molecular weight excluding hydrogens is 404 g/mol. The first-order chi connectivity index (χ1) is 15.4. The molecule has 1 aromatic carbocycles. The highest BCUT2D eigenvalue weighted by atomic mass is 16.6. The Hall–Kier alpha value is -2.83. The van der Waals surface area contributed by atoms with Gasteiger partial charge >= 0.3 is 6.09 Å². The Morgan fingerprint density at radius 2 is 1.91 bits per heavy atom. The van der Waals surface area contributed by atoms with Crippen LogP contribution in [0.25, 0.3) is 11.1 Å². The number of carbonyl (C=O) groups excluding carboxylic acids is 2. The molecule has 1 atom stereocenters. The highest BCUT2D eigenvalue weighted by Crippen LogP contribution is 2.42. The standard InChI is InChI=1S/C25H32N4O3/c1-16(2)32-25(31)28-13-17(3)29(24(30)19-7-8-19)22-10-9-20(11-23(22)28)21-12-26-27(15-21)14-18-5-4-6-18/h9-12,15-19H,4-8,13-14H2,1-3H3/t17-/m0/s1. The number of ether oxygens (including phenoxy) is 1. The van der Waals surface area contributed by atoms with Gasteiger partial charge in [0.1, 0.15) is 0 Å². The van der Waals surface area contributed by atoms with Crippen LogP contribution in [0.1, 0.15) is 52.9 Å². The van der Waals surface area contributed by atoms with Crippen LogP contribution in [-0.2, 0) is 16.1 Å². The molecule has 2 amide bonds. The molecule has 0 radical (unpaired) electrons. The monoisotopic (exact) mass is 436 g/mol. The van der Waals surface area contributed by atoms with E-state index in [4.69, 9.17) is 4.74 Å². The van der Waals surface area contributed by atoms with E-state index in [1.807, 2.05) is 54.7 Å². The lowest BCUT2D eigenvalue weighted by Gasteiger charge is -2.41. The topological polar surface area (TPSA) is 67.7 Å². The van der Waals surface area contributed by atoms with Crippen molar-refractivity contribution in [3.8, 4) is 11.1 Å². The van der Waals surface area contributed by atoms with E-state index in [0.717, 1.165) is 47.8 Å². The van der Waals surface area contributed by atoms with Crippen molar-refractivity contribution in [3.63, 3.8) is 0 Å². The third kappa shape index (κ3) is 4.00. The minimum absolute atomic E-state index is 0.105. The number of rotatable bonds is 5. The number of benzene rings is 1. The maximum Gasteiger partial charge on any atom is 0.414 e. The average Bonchev–Trinajstić information content (AvgIpc) is 3.47. The molecule has 2 aromatic rings. The van der Waals surface area contributed by atoms with Crippen molar-refractivity contribution in [2.24, 2.45) is 11.8 Å². The molecule has 1 aromatic heterocycles. The molecule has 7 nitrogen and oxygen atoms in total. The van der Waals surface area contributed by atoms with Gasteiger partial charge in [-0.2, -0.15) is 5.10 Å². The van der Waals surface area contributed by atoms with Gasteiger partial charge < -0.3 is 9.64 Å². The van der Waals surface area contributed by atoms with Crippen LogP contribution < -0.4 is 9.80 Å². The highest BCUT2D eigenvalue weighted by molar-refractivity contribution is 6.05. The first kappa shape index (κ1) is 21.0. The number of nitrogens with zero attached hydrogens (tertiary/aromatic N) is 4. The molecule has 0 spiro atoms. The molecule has 3 aliphatic rings. The lowest BCUT2D eigenvalue weighted by Crippen LogP contribution is -2.52. The summed E-state index contributed by atoms with van der Waals surface area (Å²) < 4.78 is 7.55. The Balaban J connectivity index is 1.49. The zero-order chi connectivity index (χ0) is 22.4. The summed E-state index contributed by atoms with van der Waals surface area (Å²) in [4.78, 5) is 29.6. The largest absolute Gasteiger partial charge is 0.446 e. The van der Waals surface area contributed by atoms with E-state index in [1.165, 1.54) is 19.3 Å². The van der Waals surface area contributed by atoms with Crippen molar-refractivity contribution < 1.29 is 14.3 Å². The van der Waals surface area contributed by atoms with Crippen molar-refractivity contribution in [3.05, 3.63) is 30.6 Å². The molecular formula is C25H32N4O3. The number of fused-ring (bicyclic) bond motifs is 1. The first-order valence-corrected chi connectivity index (χ1v) is 11.9. The van der Waals surface area contributed by atoms with Gasteiger partial charge in [-0.15, -0.1) is 0 Å². The fourth-order valence-corrected chi connectivity index (χ4v) is 4.66. The summed E-state index contributed by atoms with van der Waals surface area (Å²) in [7, 11) is 0. The predicted molar refractivity (Wildman–Crippen MR) is 124 cm³/mol. The fraction of sp³-hybridized carbons (Fsp3) is 0.560. The molecule has 7 heteroatoms. The minimum Gasteiger partial charge on any atom is -0.446 e. The summed E-state index contributed by atoms with van der Waals surface area (Å²) >= 11 is 0. The van der Waals surface area contributed by atoms with E-state index in [2.05, 4.69) is 11.3 Å². The van der Waals surface area contributed by atoms with Crippen molar-refractivity contribution in [2.75, 3.05) is 16.3 Å². The van der Waals surface area contributed by atoms with Crippen LogP contribution in [0.4, 0.5) is 16.2 Å². The van der Waals surface area contributed by atoms with Gasteiger partial charge in [-0.05, 0) is 70.1 Å². The molecule has 0 saturated heterocycles. The second-order valence-electron chi connectivity index (χ2n) is 9.83. The van der Waals surface area contributed by atoms with Crippen LogP contribution in [0.2, 0.25) is 0 Å². The van der Waals surface area contributed by atoms with E-state index in [9.17, 15) is 9.59 Å². The van der Waals surface area contributed by atoms with Crippen molar-refractivity contribution in [1.29, 1.82) is 0 Å². The number of aromatic nitrogens is 2. The molecule has 170 valence electrons. The second-order valence-corrected chi connectivity index (χ2v) is 9.83. The van der Waals surface area contributed by atoms with Crippen molar-refractivity contribution in [2.45, 2.75) is 71.6 Å². The number of hydrogen-bond acceptors (Lipinski definition) is 4. The van der Waals surface area contributed by atoms with E-state index in [0.29, 0.717) is 6.54 Å². The molecule has 2 saturated carbocycles. The Bertz CT molecular complexity index is 1020. The van der Waals surface area contributed by atoms with E-state index >= 15 is 0 Å². The van der Waals surface area contributed by atoms with Gasteiger partial charge in [0.05, 0.1) is 29.7 Å². The molecule has 2 heterocycles. The van der Waals surface area contributed by atoms with Crippen LogP contribution in [0, 0.1) is 11.8 Å². The van der Waals surface area contributed by atoms with Crippen molar-refractivity contribution >= 4 is 23.4 Å². The summed E-state index contributed by atoms with van der Waals surface area (Å²) in [6.45, 7) is 7.07. The summed E-state index contributed by atoms with van der Waals surface area (Å²) in [6, 6.07) is 5.90. The summed E-state index contributed by atoms with van der Waals surface area (Å²) in [5, 5.41) is 4.55. The maximum absolute atomic E-state index is 13.1. The highest BCUT2D eigenvalue weighted by Gasteiger charge is 2.41. The molecule has 1 aliphatic heterocycles. The van der Waals surface area contributed by atoms with Gasteiger partial charge in [0.15, 0.2) is 0 Å². The van der Waals surface area contributed by atoms with E-state index in [1.54, 1.807) is 4.90 Å². The summed E-state index contributed by atoms with van der Waals surface area (Å²) in [6.07, 6.45) is 9.17. The van der Waals surface area contributed by atoms with Crippen LogP contribution in [0.3, 0.4) is 0 Å². The van der Waals surface area contributed by atoms with Gasteiger partial charge in [0, 0.05) is 30.8 Å². The molecule has 0 bridgehead atoms. The molecule has 0 N–H and O–H groups in total. The Labute approximate surface area is 189 Å². The van der Waals surface area contributed by atoms with Crippen LogP contribution in [0.5, 0.6) is 0 Å². The Morgan fingerprint density at radius 3 is 2.56 bits per heavy atom. The van der Waals surface area contributed by atoms with Crippen molar-refractivity contribution in [1.82, 2.24) is 9.78 Å². The Morgan fingerprint density at radius 1 is 1.12 bits per heavy atom. The second kappa shape index (κ2) is 8.26. The first-order valence-electron chi connectivity index (χ1n) is 11.9.